The standard InChI is InChI=1S/C11H8O8/c1-3-8(12)16-6-18-10(14)5-11(15)19-7-17-9(13)4-2/h1-2H,5-7H2. The molecule has 0 bridgehead atoms. The topological polar surface area (TPSA) is 105 Å². The molecule has 0 aromatic heterocycles. The van der Waals surface area contributed by atoms with Crippen LogP contribution in [-0.4, -0.2) is 37.5 Å². The van der Waals surface area contributed by atoms with E-state index in [0.29, 0.717) is 0 Å². The van der Waals surface area contributed by atoms with E-state index in [4.69, 9.17) is 0 Å². The highest BCUT2D eigenvalue weighted by Gasteiger charge is 2.13. The summed E-state index contributed by atoms with van der Waals surface area (Å²) in [5.41, 5.74) is 0. The molecule has 0 aliphatic heterocycles. The van der Waals surface area contributed by atoms with E-state index in [2.05, 4.69) is 31.8 Å². The quantitative estimate of drug-likeness (QED) is 0.193. The van der Waals surface area contributed by atoms with Gasteiger partial charge in [-0.25, -0.2) is 9.59 Å². The van der Waals surface area contributed by atoms with Crippen molar-refractivity contribution < 1.29 is 38.1 Å². The van der Waals surface area contributed by atoms with Crippen LogP contribution >= 0.6 is 0 Å². The zero-order valence-corrected chi connectivity index (χ0v) is 9.54. The third kappa shape index (κ3) is 8.77. The third-order valence-corrected chi connectivity index (χ3v) is 1.34. The molecule has 0 fully saturated rings. The second-order valence-corrected chi connectivity index (χ2v) is 2.60. The van der Waals surface area contributed by atoms with Crippen LogP contribution in [0.3, 0.4) is 0 Å². The molecule has 0 radical (unpaired) electrons. The lowest BCUT2D eigenvalue weighted by Crippen LogP contribution is -2.18. The molecule has 100 valence electrons. The maximum atomic E-state index is 11.0. The second-order valence-electron chi connectivity index (χ2n) is 2.60. The van der Waals surface area contributed by atoms with Gasteiger partial charge in [0.25, 0.3) is 0 Å². The van der Waals surface area contributed by atoms with Gasteiger partial charge in [-0.3, -0.25) is 9.59 Å². The van der Waals surface area contributed by atoms with Gasteiger partial charge in [0.2, 0.25) is 13.6 Å². The Balaban J connectivity index is 3.73. The minimum atomic E-state index is -1.02. The van der Waals surface area contributed by atoms with Gasteiger partial charge in [-0.05, 0) is 0 Å². The molecule has 0 aliphatic carbocycles. The van der Waals surface area contributed by atoms with Crippen LogP contribution in [0.5, 0.6) is 0 Å². The van der Waals surface area contributed by atoms with Crippen molar-refractivity contribution in [1.82, 2.24) is 0 Å². The Hall–Kier alpha value is -3.00. The van der Waals surface area contributed by atoms with Crippen molar-refractivity contribution in [3.63, 3.8) is 0 Å². The molecule has 8 heteroatoms. The summed E-state index contributed by atoms with van der Waals surface area (Å²) in [7, 11) is 0. The van der Waals surface area contributed by atoms with Gasteiger partial charge in [0.05, 0.1) is 0 Å². The van der Waals surface area contributed by atoms with Crippen molar-refractivity contribution in [3.8, 4) is 24.7 Å². The second kappa shape index (κ2) is 9.07. The van der Waals surface area contributed by atoms with E-state index >= 15 is 0 Å². The van der Waals surface area contributed by atoms with Gasteiger partial charge in [0.1, 0.15) is 6.42 Å². The van der Waals surface area contributed by atoms with Crippen LogP contribution < -0.4 is 0 Å². The van der Waals surface area contributed by atoms with Gasteiger partial charge in [0.15, 0.2) is 0 Å². The maximum Gasteiger partial charge on any atom is 0.386 e. The van der Waals surface area contributed by atoms with Crippen molar-refractivity contribution in [1.29, 1.82) is 0 Å². The van der Waals surface area contributed by atoms with Crippen molar-refractivity contribution in [2.24, 2.45) is 0 Å². The average Bonchev–Trinajstić information content (AvgIpc) is 2.37. The Labute approximate surface area is 107 Å². The summed E-state index contributed by atoms with van der Waals surface area (Å²) in [6.45, 7) is -1.44. The molecule has 0 aliphatic rings. The first-order valence-corrected chi connectivity index (χ1v) is 4.57. The van der Waals surface area contributed by atoms with Crippen LogP contribution in [0.1, 0.15) is 6.42 Å². The molecule has 0 unspecified atom stereocenters. The van der Waals surface area contributed by atoms with E-state index < -0.39 is 43.9 Å². The van der Waals surface area contributed by atoms with E-state index in [-0.39, 0.29) is 0 Å². The van der Waals surface area contributed by atoms with Crippen LogP contribution in [0, 0.1) is 24.7 Å². The molecule has 0 aromatic carbocycles. The lowest BCUT2D eigenvalue weighted by Gasteiger charge is -2.05. The van der Waals surface area contributed by atoms with E-state index in [9.17, 15) is 19.2 Å². The summed E-state index contributed by atoms with van der Waals surface area (Å²) < 4.78 is 17.0. The minimum absolute atomic E-state index is 0.721. The fraction of sp³-hybridized carbons (Fsp3) is 0.273. The monoisotopic (exact) mass is 268 g/mol. The van der Waals surface area contributed by atoms with Gasteiger partial charge in [-0.1, -0.05) is 0 Å². The van der Waals surface area contributed by atoms with E-state index in [0.717, 1.165) is 0 Å². The van der Waals surface area contributed by atoms with Crippen molar-refractivity contribution in [2.45, 2.75) is 6.42 Å². The SMILES string of the molecule is C#CC(=O)OCOC(=O)CC(=O)OCOC(=O)C#C. The molecule has 0 spiro atoms. The molecule has 0 rings (SSSR count). The molecule has 0 saturated heterocycles. The fourth-order valence-corrected chi connectivity index (χ4v) is 0.601. The first kappa shape index (κ1) is 16.0. The average molecular weight is 268 g/mol. The summed E-state index contributed by atoms with van der Waals surface area (Å²) in [6, 6.07) is 0. The minimum Gasteiger partial charge on any atom is -0.427 e. The highest BCUT2D eigenvalue weighted by Crippen LogP contribution is 1.92. The Morgan fingerprint density at radius 3 is 1.42 bits per heavy atom. The molecule has 0 aromatic rings. The van der Waals surface area contributed by atoms with Crippen LogP contribution in [0.4, 0.5) is 0 Å². The number of carbonyl (C=O) groups excluding carboxylic acids is 4. The normalized spacial score (nSPS) is 8.32. The third-order valence-electron chi connectivity index (χ3n) is 1.34. The molecule has 19 heavy (non-hydrogen) atoms. The predicted octanol–water partition coefficient (Wildman–Crippen LogP) is -1.27. The van der Waals surface area contributed by atoms with Crippen molar-refractivity contribution in [3.05, 3.63) is 0 Å². The molecule has 0 saturated carbocycles. The number of rotatable bonds is 6. The molecule has 0 atom stereocenters. The largest absolute Gasteiger partial charge is 0.427 e. The maximum absolute atomic E-state index is 11.0. The Morgan fingerprint density at radius 2 is 1.11 bits per heavy atom. The number of esters is 4. The first-order valence-electron chi connectivity index (χ1n) is 4.57. The number of hydrogen-bond donors (Lipinski definition) is 0. The fourth-order valence-electron chi connectivity index (χ4n) is 0.601. The highest BCUT2D eigenvalue weighted by molar-refractivity contribution is 5.91. The van der Waals surface area contributed by atoms with Crippen molar-refractivity contribution >= 4 is 23.9 Å². The van der Waals surface area contributed by atoms with Crippen LogP contribution in [-0.2, 0) is 38.1 Å². The molecule has 0 heterocycles. The summed E-state index contributed by atoms with van der Waals surface area (Å²) >= 11 is 0. The lowest BCUT2D eigenvalue weighted by atomic mass is 10.4. The Morgan fingerprint density at radius 1 is 0.737 bits per heavy atom. The first-order chi connectivity index (χ1) is 8.99. The predicted molar refractivity (Wildman–Crippen MR) is 56.4 cm³/mol. The number of carbonyl (C=O) groups is 4. The van der Waals surface area contributed by atoms with E-state index in [1.165, 1.54) is 0 Å². The number of ether oxygens (including phenoxy) is 4. The van der Waals surface area contributed by atoms with E-state index in [1.54, 1.807) is 11.8 Å². The smallest absolute Gasteiger partial charge is 0.386 e. The van der Waals surface area contributed by atoms with Gasteiger partial charge in [0, 0.05) is 11.8 Å². The van der Waals surface area contributed by atoms with Gasteiger partial charge < -0.3 is 18.9 Å². The van der Waals surface area contributed by atoms with Gasteiger partial charge >= 0.3 is 23.9 Å². The summed E-state index contributed by atoms with van der Waals surface area (Å²) in [4.78, 5) is 42.8. The molecule has 0 amide bonds. The van der Waals surface area contributed by atoms with Crippen LogP contribution in [0.25, 0.3) is 0 Å². The zero-order chi connectivity index (χ0) is 14.7. The van der Waals surface area contributed by atoms with Crippen LogP contribution in [0.15, 0.2) is 0 Å². The van der Waals surface area contributed by atoms with E-state index in [1.807, 2.05) is 0 Å². The number of terminal acetylenes is 2. The molecule has 0 N–H and O–H groups in total. The summed E-state index contributed by atoms with van der Waals surface area (Å²) in [5.74, 6) is -0.836. The zero-order valence-electron chi connectivity index (χ0n) is 9.54. The van der Waals surface area contributed by atoms with Crippen molar-refractivity contribution in [2.75, 3.05) is 13.6 Å². The Bertz CT molecular complexity index is 408. The number of hydrogen-bond acceptors (Lipinski definition) is 8. The Kier molecular flexibility index (Phi) is 7.64. The van der Waals surface area contributed by atoms with Gasteiger partial charge in [-0.15, -0.1) is 12.8 Å². The van der Waals surface area contributed by atoms with Gasteiger partial charge in [-0.2, -0.15) is 0 Å². The molecular weight excluding hydrogens is 260 g/mol. The molecular formula is C11H8O8. The van der Waals surface area contributed by atoms with Crippen LogP contribution in [0.2, 0.25) is 0 Å². The summed E-state index contributed by atoms with van der Waals surface area (Å²) in [5, 5.41) is 0. The molecule has 8 nitrogen and oxygen atoms in total. The summed E-state index contributed by atoms with van der Waals surface area (Å²) in [6.07, 6.45) is 8.57. The highest BCUT2D eigenvalue weighted by atomic mass is 16.7. The lowest BCUT2D eigenvalue weighted by molar-refractivity contribution is -0.170.